The maximum Gasteiger partial charge on any atom is 0.239 e. The monoisotopic (exact) mass is 238 g/mol. The maximum atomic E-state index is 11.2. The molecule has 1 aromatic carbocycles. The Bertz CT molecular complexity index is 367. The zero-order valence-corrected chi connectivity index (χ0v) is 10.2. The van der Waals surface area contributed by atoms with Crippen LogP contribution in [-0.2, 0) is 4.79 Å². The molecule has 2 N–H and O–H groups in total. The van der Waals surface area contributed by atoms with Gasteiger partial charge in [0.05, 0.1) is 19.6 Å². The smallest absolute Gasteiger partial charge is 0.239 e. The average Bonchev–Trinajstić information content (AvgIpc) is 2.29. The van der Waals surface area contributed by atoms with Crippen molar-refractivity contribution in [3.05, 3.63) is 24.3 Å². The lowest BCUT2D eigenvalue weighted by Gasteiger charge is -2.11. The van der Waals surface area contributed by atoms with Crippen LogP contribution >= 0.6 is 0 Å². The molecule has 1 aromatic rings. The van der Waals surface area contributed by atoms with Crippen LogP contribution < -0.4 is 15.3 Å². The Labute approximate surface area is 101 Å². The van der Waals surface area contributed by atoms with E-state index in [2.05, 4.69) is 0 Å². The van der Waals surface area contributed by atoms with E-state index in [0.29, 0.717) is 19.0 Å². The summed E-state index contributed by atoms with van der Waals surface area (Å²) in [6.45, 7) is 2.83. The molecular weight excluding hydrogens is 220 g/mol. The maximum absolute atomic E-state index is 11.2. The van der Waals surface area contributed by atoms with Gasteiger partial charge in [0, 0.05) is 13.1 Å². The number of hydrazine groups is 1. The number of carbonyl (C=O) groups excluding carboxylic acids is 1. The van der Waals surface area contributed by atoms with Crippen molar-refractivity contribution in [2.24, 2.45) is 5.84 Å². The molecule has 0 aromatic heterocycles. The first-order valence-electron chi connectivity index (χ1n) is 5.50. The molecule has 1 rings (SSSR count). The Morgan fingerprint density at radius 2 is 2.00 bits per heavy atom. The van der Waals surface area contributed by atoms with E-state index in [1.807, 2.05) is 25.1 Å². The van der Waals surface area contributed by atoms with Crippen molar-refractivity contribution < 1.29 is 14.3 Å². The average molecular weight is 238 g/mol. The van der Waals surface area contributed by atoms with Gasteiger partial charge in [-0.3, -0.25) is 9.80 Å². The lowest BCUT2D eigenvalue weighted by atomic mass is 10.3. The number of hydrogen-bond donors (Lipinski definition) is 1. The highest BCUT2D eigenvalue weighted by molar-refractivity contribution is 5.75. The summed E-state index contributed by atoms with van der Waals surface area (Å²) in [6, 6.07) is 7.31. The standard InChI is InChI=1S/C12H18N2O3/c1-3-16-10-5-4-6-11(9-10)17-8-7-12(15)14(2)13/h4-6,9H,3,7-8,13H2,1-2H3. The summed E-state index contributed by atoms with van der Waals surface area (Å²) in [6.07, 6.45) is 0.256. The lowest BCUT2D eigenvalue weighted by Crippen LogP contribution is -2.33. The zero-order chi connectivity index (χ0) is 12.7. The van der Waals surface area contributed by atoms with E-state index < -0.39 is 0 Å². The fourth-order valence-electron chi connectivity index (χ4n) is 1.25. The zero-order valence-electron chi connectivity index (χ0n) is 10.2. The molecule has 0 spiro atoms. The van der Waals surface area contributed by atoms with Gasteiger partial charge in [0.25, 0.3) is 0 Å². The van der Waals surface area contributed by atoms with Gasteiger partial charge in [-0.2, -0.15) is 0 Å². The van der Waals surface area contributed by atoms with Crippen molar-refractivity contribution in [3.63, 3.8) is 0 Å². The highest BCUT2D eigenvalue weighted by Gasteiger charge is 2.04. The minimum absolute atomic E-state index is 0.161. The summed E-state index contributed by atoms with van der Waals surface area (Å²) in [5.74, 6) is 6.57. The molecule has 0 unspecified atom stereocenters. The molecule has 0 radical (unpaired) electrons. The summed E-state index contributed by atoms with van der Waals surface area (Å²) in [5, 5.41) is 1.06. The minimum Gasteiger partial charge on any atom is -0.494 e. The Kier molecular flexibility index (Phi) is 5.29. The fraction of sp³-hybridized carbons (Fsp3) is 0.417. The quantitative estimate of drug-likeness (QED) is 0.459. The number of ether oxygens (including phenoxy) is 2. The van der Waals surface area contributed by atoms with Gasteiger partial charge in [-0.25, -0.2) is 5.84 Å². The topological polar surface area (TPSA) is 64.8 Å². The summed E-state index contributed by atoms with van der Waals surface area (Å²) in [5.41, 5.74) is 0. The second kappa shape index (κ2) is 6.75. The SMILES string of the molecule is CCOc1cccc(OCCC(=O)N(C)N)c1. The molecule has 5 nitrogen and oxygen atoms in total. The summed E-state index contributed by atoms with van der Waals surface area (Å²) >= 11 is 0. The van der Waals surface area contributed by atoms with Gasteiger partial charge in [0.2, 0.25) is 5.91 Å². The van der Waals surface area contributed by atoms with Crippen molar-refractivity contribution in [2.75, 3.05) is 20.3 Å². The first-order chi connectivity index (χ1) is 8.13. The molecule has 5 heteroatoms. The van der Waals surface area contributed by atoms with Gasteiger partial charge in [-0.15, -0.1) is 0 Å². The molecule has 0 aliphatic carbocycles. The van der Waals surface area contributed by atoms with Gasteiger partial charge in [-0.05, 0) is 19.1 Å². The number of carbonyl (C=O) groups is 1. The first kappa shape index (κ1) is 13.3. The molecule has 0 heterocycles. The number of nitrogens with zero attached hydrogens (tertiary/aromatic N) is 1. The molecule has 0 bridgehead atoms. The van der Waals surface area contributed by atoms with E-state index >= 15 is 0 Å². The molecule has 0 fully saturated rings. The van der Waals surface area contributed by atoms with Gasteiger partial charge < -0.3 is 9.47 Å². The van der Waals surface area contributed by atoms with Crippen LogP contribution in [0, 0.1) is 0 Å². The third kappa shape index (κ3) is 4.74. The molecular formula is C12H18N2O3. The van der Waals surface area contributed by atoms with Gasteiger partial charge in [-0.1, -0.05) is 6.07 Å². The van der Waals surface area contributed by atoms with E-state index in [9.17, 15) is 4.79 Å². The Hall–Kier alpha value is -1.75. The van der Waals surface area contributed by atoms with Crippen molar-refractivity contribution in [1.29, 1.82) is 0 Å². The molecule has 17 heavy (non-hydrogen) atoms. The Morgan fingerprint density at radius 1 is 1.35 bits per heavy atom. The summed E-state index contributed by atoms with van der Waals surface area (Å²) < 4.78 is 10.8. The van der Waals surface area contributed by atoms with E-state index in [4.69, 9.17) is 15.3 Å². The third-order valence-electron chi connectivity index (χ3n) is 2.09. The van der Waals surface area contributed by atoms with Gasteiger partial charge in [0.1, 0.15) is 11.5 Å². The molecule has 0 aliphatic heterocycles. The number of benzene rings is 1. The van der Waals surface area contributed by atoms with Crippen LogP contribution in [0.5, 0.6) is 11.5 Å². The second-order valence-corrected chi connectivity index (χ2v) is 3.51. The largest absolute Gasteiger partial charge is 0.494 e. The molecule has 0 aliphatic rings. The van der Waals surface area contributed by atoms with Crippen LogP contribution in [0.1, 0.15) is 13.3 Å². The van der Waals surface area contributed by atoms with Gasteiger partial charge in [0.15, 0.2) is 0 Å². The lowest BCUT2D eigenvalue weighted by molar-refractivity contribution is -0.130. The highest BCUT2D eigenvalue weighted by Crippen LogP contribution is 2.19. The fourth-order valence-corrected chi connectivity index (χ4v) is 1.25. The molecule has 1 amide bonds. The van der Waals surface area contributed by atoms with Gasteiger partial charge >= 0.3 is 0 Å². The van der Waals surface area contributed by atoms with E-state index in [1.165, 1.54) is 7.05 Å². The molecule has 0 atom stereocenters. The van der Waals surface area contributed by atoms with Crippen LogP contribution in [0.4, 0.5) is 0 Å². The summed E-state index contributed by atoms with van der Waals surface area (Å²) in [7, 11) is 1.51. The minimum atomic E-state index is -0.161. The number of hydrogen-bond acceptors (Lipinski definition) is 4. The van der Waals surface area contributed by atoms with Crippen molar-refractivity contribution in [1.82, 2.24) is 5.01 Å². The predicted molar refractivity (Wildman–Crippen MR) is 64.7 cm³/mol. The van der Waals surface area contributed by atoms with Crippen LogP contribution in [0.25, 0.3) is 0 Å². The number of amides is 1. The second-order valence-electron chi connectivity index (χ2n) is 3.51. The number of nitrogens with two attached hydrogens (primary N) is 1. The summed E-state index contributed by atoms with van der Waals surface area (Å²) in [4.78, 5) is 11.2. The number of rotatable bonds is 6. The van der Waals surface area contributed by atoms with Crippen molar-refractivity contribution in [3.8, 4) is 11.5 Å². The Balaban J connectivity index is 2.41. The van der Waals surface area contributed by atoms with E-state index in [1.54, 1.807) is 6.07 Å². The highest BCUT2D eigenvalue weighted by atomic mass is 16.5. The normalized spacial score (nSPS) is 9.82. The molecule has 94 valence electrons. The third-order valence-corrected chi connectivity index (χ3v) is 2.09. The van der Waals surface area contributed by atoms with Crippen molar-refractivity contribution in [2.45, 2.75) is 13.3 Å². The first-order valence-corrected chi connectivity index (χ1v) is 5.50. The molecule has 0 saturated carbocycles. The predicted octanol–water partition coefficient (Wildman–Crippen LogP) is 1.19. The van der Waals surface area contributed by atoms with Crippen LogP contribution in [0.15, 0.2) is 24.3 Å². The van der Waals surface area contributed by atoms with E-state index in [0.717, 1.165) is 10.8 Å². The van der Waals surface area contributed by atoms with Crippen molar-refractivity contribution >= 4 is 5.91 Å². The Morgan fingerprint density at radius 3 is 2.59 bits per heavy atom. The van der Waals surface area contributed by atoms with Crippen LogP contribution in [0.3, 0.4) is 0 Å². The van der Waals surface area contributed by atoms with E-state index in [-0.39, 0.29) is 12.3 Å². The van der Waals surface area contributed by atoms with Crippen LogP contribution in [0.2, 0.25) is 0 Å². The van der Waals surface area contributed by atoms with Crippen LogP contribution in [-0.4, -0.2) is 31.2 Å². The molecule has 0 saturated heterocycles.